The van der Waals surface area contributed by atoms with Crippen molar-refractivity contribution >= 4 is 11.9 Å². The first-order valence-corrected chi connectivity index (χ1v) is 6.98. The number of carboxylic acids is 1. The molecule has 4 atom stereocenters. The van der Waals surface area contributed by atoms with Crippen molar-refractivity contribution < 1.29 is 14.7 Å². The van der Waals surface area contributed by atoms with E-state index in [1.54, 1.807) is 0 Å². The number of hydrogen-bond acceptors (Lipinski definition) is 2. The molecule has 18 heavy (non-hydrogen) atoms. The van der Waals surface area contributed by atoms with Gasteiger partial charge in [-0.3, -0.25) is 9.59 Å². The van der Waals surface area contributed by atoms with Crippen molar-refractivity contribution in [3.8, 4) is 0 Å². The largest absolute Gasteiger partial charge is 0.481 e. The number of aliphatic carboxylic acids is 1. The van der Waals surface area contributed by atoms with Gasteiger partial charge in [0, 0.05) is 6.04 Å². The van der Waals surface area contributed by atoms with Crippen LogP contribution in [-0.2, 0) is 9.59 Å². The van der Waals surface area contributed by atoms with Crippen molar-refractivity contribution in [2.45, 2.75) is 58.9 Å². The lowest BCUT2D eigenvalue weighted by Gasteiger charge is -2.21. The highest BCUT2D eigenvalue weighted by atomic mass is 16.4. The van der Waals surface area contributed by atoms with Gasteiger partial charge in [-0.2, -0.15) is 0 Å². The molecule has 0 aliphatic heterocycles. The molecule has 4 heteroatoms. The van der Waals surface area contributed by atoms with E-state index in [-0.39, 0.29) is 17.9 Å². The van der Waals surface area contributed by atoms with E-state index in [4.69, 9.17) is 5.11 Å². The first kappa shape index (κ1) is 15.0. The number of carbonyl (C=O) groups excluding carboxylic acids is 1. The van der Waals surface area contributed by atoms with E-state index < -0.39 is 11.9 Å². The van der Waals surface area contributed by atoms with Gasteiger partial charge in [-0.05, 0) is 32.1 Å². The summed E-state index contributed by atoms with van der Waals surface area (Å²) >= 11 is 0. The lowest BCUT2D eigenvalue weighted by Crippen LogP contribution is -2.40. The number of amides is 1. The average molecular weight is 255 g/mol. The van der Waals surface area contributed by atoms with Crippen LogP contribution in [0.5, 0.6) is 0 Å². The van der Waals surface area contributed by atoms with Crippen molar-refractivity contribution in [2.24, 2.45) is 17.8 Å². The van der Waals surface area contributed by atoms with Crippen molar-refractivity contribution in [3.05, 3.63) is 0 Å². The smallest absolute Gasteiger partial charge is 0.307 e. The second-order valence-electron chi connectivity index (χ2n) is 5.64. The topological polar surface area (TPSA) is 66.4 Å². The molecule has 0 radical (unpaired) electrons. The number of nitrogens with one attached hydrogen (secondary N) is 1. The quantitative estimate of drug-likeness (QED) is 0.766. The number of carboxylic acid groups (broad SMARTS) is 1. The third kappa shape index (κ3) is 4.00. The van der Waals surface area contributed by atoms with Crippen LogP contribution in [0.3, 0.4) is 0 Å². The van der Waals surface area contributed by atoms with Gasteiger partial charge in [0.1, 0.15) is 0 Å². The average Bonchev–Trinajstić information content (AvgIpc) is 2.77. The Hall–Kier alpha value is -1.06. The zero-order valence-electron chi connectivity index (χ0n) is 11.6. The Morgan fingerprint density at radius 2 is 1.89 bits per heavy atom. The summed E-state index contributed by atoms with van der Waals surface area (Å²) in [5.41, 5.74) is 0. The predicted molar refractivity (Wildman–Crippen MR) is 70.1 cm³/mol. The number of hydrogen-bond donors (Lipinski definition) is 2. The molecule has 0 aromatic rings. The summed E-state index contributed by atoms with van der Waals surface area (Å²) in [5.74, 6) is -1.14. The molecule has 0 saturated heterocycles. The number of carbonyl (C=O) groups is 2. The molecular weight excluding hydrogens is 230 g/mol. The summed E-state index contributed by atoms with van der Waals surface area (Å²) < 4.78 is 0. The van der Waals surface area contributed by atoms with Gasteiger partial charge in [-0.15, -0.1) is 0 Å². The molecular formula is C14H25NO3. The first-order chi connectivity index (χ1) is 8.45. The summed E-state index contributed by atoms with van der Waals surface area (Å²) in [6, 6.07) is 0.127. The summed E-state index contributed by atoms with van der Waals surface area (Å²) in [5, 5.41) is 12.0. The molecule has 1 rings (SSSR count). The maximum Gasteiger partial charge on any atom is 0.307 e. The molecule has 2 N–H and O–H groups in total. The second kappa shape index (κ2) is 6.76. The predicted octanol–water partition coefficient (Wildman–Crippen LogP) is 2.43. The third-order valence-corrected chi connectivity index (χ3v) is 4.01. The Labute approximate surface area is 109 Å². The Balaban J connectivity index is 2.47. The monoisotopic (exact) mass is 255 g/mol. The summed E-state index contributed by atoms with van der Waals surface area (Å²) in [6.45, 7) is 6.30. The van der Waals surface area contributed by atoms with E-state index >= 15 is 0 Å². The van der Waals surface area contributed by atoms with Gasteiger partial charge >= 0.3 is 5.97 Å². The van der Waals surface area contributed by atoms with E-state index in [0.29, 0.717) is 18.8 Å². The molecule has 0 spiro atoms. The highest BCUT2D eigenvalue weighted by Crippen LogP contribution is 2.32. The van der Waals surface area contributed by atoms with Gasteiger partial charge < -0.3 is 10.4 Å². The SMILES string of the molecule is CCC(C)CC(C)NC(=O)C1CCCC1C(=O)O. The van der Waals surface area contributed by atoms with Crippen molar-refractivity contribution in [1.82, 2.24) is 5.32 Å². The Morgan fingerprint density at radius 3 is 2.44 bits per heavy atom. The van der Waals surface area contributed by atoms with E-state index in [1.165, 1.54) is 0 Å². The van der Waals surface area contributed by atoms with E-state index in [0.717, 1.165) is 19.3 Å². The molecule has 1 aliphatic rings. The standard InChI is InChI=1S/C14H25NO3/c1-4-9(2)8-10(3)15-13(16)11-6-5-7-12(11)14(17)18/h9-12H,4-8H2,1-3H3,(H,15,16)(H,17,18). The van der Waals surface area contributed by atoms with Crippen LogP contribution in [0.4, 0.5) is 0 Å². The molecule has 1 saturated carbocycles. The maximum absolute atomic E-state index is 12.1. The minimum atomic E-state index is -0.831. The van der Waals surface area contributed by atoms with Crippen LogP contribution in [0.25, 0.3) is 0 Å². The van der Waals surface area contributed by atoms with Gasteiger partial charge in [0.15, 0.2) is 0 Å². The molecule has 4 unspecified atom stereocenters. The molecule has 1 fully saturated rings. The first-order valence-electron chi connectivity index (χ1n) is 6.98. The van der Waals surface area contributed by atoms with Crippen molar-refractivity contribution in [2.75, 3.05) is 0 Å². The normalized spacial score (nSPS) is 26.6. The van der Waals surface area contributed by atoms with Gasteiger partial charge in [-0.1, -0.05) is 26.7 Å². The minimum Gasteiger partial charge on any atom is -0.481 e. The number of rotatable bonds is 6. The molecule has 1 aliphatic carbocycles. The molecule has 104 valence electrons. The summed E-state index contributed by atoms with van der Waals surface area (Å²) in [4.78, 5) is 23.1. The van der Waals surface area contributed by atoms with E-state index in [2.05, 4.69) is 19.2 Å². The van der Waals surface area contributed by atoms with Crippen LogP contribution in [0.15, 0.2) is 0 Å². The summed E-state index contributed by atoms with van der Waals surface area (Å²) in [6.07, 6.45) is 4.23. The van der Waals surface area contributed by atoms with Gasteiger partial charge in [0.2, 0.25) is 5.91 Å². The second-order valence-corrected chi connectivity index (χ2v) is 5.64. The fourth-order valence-corrected chi connectivity index (χ4v) is 2.75. The lowest BCUT2D eigenvalue weighted by molar-refractivity contribution is -0.146. The van der Waals surface area contributed by atoms with Crippen LogP contribution < -0.4 is 5.32 Å². The molecule has 1 amide bonds. The van der Waals surface area contributed by atoms with E-state index in [1.807, 2.05) is 6.92 Å². The van der Waals surface area contributed by atoms with Gasteiger partial charge in [0.25, 0.3) is 0 Å². The molecule has 4 nitrogen and oxygen atoms in total. The molecule has 0 aromatic carbocycles. The van der Waals surface area contributed by atoms with Gasteiger partial charge in [0.05, 0.1) is 11.8 Å². The highest BCUT2D eigenvalue weighted by molar-refractivity contribution is 5.85. The van der Waals surface area contributed by atoms with E-state index in [9.17, 15) is 9.59 Å². The zero-order chi connectivity index (χ0) is 13.7. The lowest BCUT2D eigenvalue weighted by atomic mass is 9.94. The highest BCUT2D eigenvalue weighted by Gasteiger charge is 2.37. The third-order valence-electron chi connectivity index (χ3n) is 4.01. The van der Waals surface area contributed by atoms with Crippen LogP contribution >= 0.6 is 0 Å². The van der Waals surface area contributed by atoms with Crippen LogP contribution in [0.1, 0.15) is 52.9 Å². The van der Waals surface area contributed by atoms with Crippen LogP contribution in [-0.4, -0.2) is 23.0 Å². The van der Waals surface area contributed by atoms with Crippen molar-refractivity contribution in [3.63, 3.8) is 0 Å². The van der Waals surface area contributed by atoms with Crippen molar-refractivity contribution in [1.29, 1.82) is 0 Å². The van der Waals surface area contributed by atoms with Crippen LogP contribution in [0.2, 0.25) is 0 Å². The Morgan fingerprint density at radius 1 is 1.28 bits per heavy atom. The molecule has 0 aromatic heterocycles. The molecule has 0 heterocycles. The fraction of sp³-hybridized carbons (Fsp3) is 0.857. The molecule has 0 bridgehead atoms. The van der Waals surface area contributed by atoms with Gasteiger partial charge in [-0.25, -0.2) is 0 Å². The fourth-order valence-electron chi connectivity index (χ4n) is 2.75. The Bertz CT molecular complexity index is 303. The zero-order valence-corrected chi connectivity index (χ0v) is 11.6. The minimum absolute atomic E-state index is 0.0734. The summed E-state index contributed by atoms with van der Waals surface area (Å²) in [7, 11) is 0. The maximum atomic E-state index is 12.1. The van der Waals surface area contributed by atoms with Crippen LogP contribution in [0, 0.1) is 17.8 Å². The Kier molecular flexibility index (Phi) is 5.63.